The van der Waals surface area contributed by atoms with Crippen molar-refractivity contribution in [2.24, 2.45) is 0 Å². The van der Waals surface area contributed by atoms with E-state index in [1.807, 2.05) is 55.4 Å². The molecule has 2 nitrogen and oxygen atoms in total. The minimum absolute atomic E-state index is 0.117. The minimum atomic E-state index is -0.539. The molecule has 0 aliphatic carbocycles. The van der Waals surface area contributed by atoms with Gasteiger partial charge in [-0.25, -0.2) is 0 Å². The number of hydrogen-bond acceptors (Lipinski definition) is 2. The Morgan fingerprint density at radius 1 is 1.00 bits per heavy atom. The molecule has 2 aromatic carbocycles. The largest absolute Gasteiger partial charge is 0.301 e. The number of hydrogen-bond donors (Lipinski definition) is 0. The molecule has 0 saturated carbocycles. The molecule has 0 aliphatic heterocycles. The highest BCUT2D eigenvalue weighted by Gasteiger charge is 2.39. The number of carbonyl (C=O) groups is 1. The zero-order chi connectivity index (χ0) is 15.3. The molecule has 0 bridgehead atoms. The topological polar surface area (TPSA) is 20.3 Å². The molecule has 0 spiro atoms. The predicted octanol–water partition coefficient (Wildman–Crippen LogP) is 3.53. The van der Waals surface area contributed by atoms with Crippen molar-refractivity contribution in [2.75, 3.05) is 14.1 Å². The van der Waals surface area contributed by atoms with Crippen LogP contribution >= 0.6 is 0 Å². The fourth-order valence-corrected chi connectivity index (χ4v) is 2.90. The standard InChI is InChI=1S/C19H23NO/c1-16(18-12-8-5-9-13-18)19(15-21,20(2)3)14-17-10-6-4-7-11-17/h4-13,15-16H,14H2,1-3H3. The summed E-state index contributed by atoms with van der Waals surface area (Å²) < 4.78 is 0. The van der Waals surface area contributed by atoms with Gasteiger partial charge in [-0.05, 0) is 31.6 Å². The summed E-state index contributed by atoms with van der Waals surface area (Å²) in [4.78, 5) is 14.1. The number of likely N-dealkylation sites (N-methyl/N-ethyl adjacent to an activating group) is 1. The molecule has 2 atom stereocenters. The van der Waals surface area contributed by atoms with E-state index in [0.717, 1.165) is 6.29 Å². The van der Waals surface area contributed by atoms with Crippen molar-refractivity contribution in [3.63, 3.8) is 0 Å². The lowest BCUT2D eigenvalue weighted by atomic mass is 9.76. The van der Waals surface area contributed by atoms with Gasteiger partial charge >= 0.3 is 0 Å². The van der Waals surface area contributed by atoms with Crippen LogP contribution in [0.1, 0.15) is 24.0 Å². The van der Waals surface area contributed by atoms with E-state index < -0.39 is 5.54 Å². The Hall–Kier alpha value is -1.93. The summed E-state index contributed by atoms with van der Waals surface area (Å²) >= 11 is 0. The van der Waals surface area contributed by atoms with Gasteiger partial charge in [0.2, 0.25) is 0 Å². The predicted molar refractivity (Wildman–Crippen MR) is 87.5 cm³/mol. The molecule has 0 aromatic heterocycles. The molecule has 21 heavy (non-hydrogen) atoms. The Bertz CT molecular complexity index is 565. The number of aldehydes is 1. The van der Waals surface area contributed by atoms with Crippen LogP contribution in [0.4, 0.5) is 0 Å². The van der Waals surface area contributed by atoms with Gasteiger partial charge in [0.25, 0.3) is 0 Å². The van der Waals surface area contributed by atoms with Gasteiger partial charge in [-0.1, -0.05) is 67.6 Å². The van der Waals surface area contributed by atoms with E-state index in [-0.39, 0.29) is 5.92 Å². The van der Waals surface area contributed by atoms with Gasteiger partial charge < -0.3 is 4.79 Å². The van der Waals surface area contributed by atoms with E-state index in [0.29, 0.717) is 6.42 Å². The van der Waals surface area contributed by atoms with Gasteiger partial charge in [-0.3, -0.25) is 4.90 Å². The fourth-order valence-electron chi connectivity index (χ4n) is 2.90. The normalized spacial score (nSPS) is 15.4. The van der Waals surface area contributed by atoms with Gasteiger partial charge in [-0.15, -0.1) is 0 Å². The summed E-state index contributed by atoms with van der Waals surface area (Å²) in [6, 6.07) is 20.5. The maximum Gasteiger partial charge on any atom is 0.141 e. The van der Waals surface area contributed by atoms with Crippen molar-refractivity contribution in [2.45, 2.75) is 24.8 Å². The number of rotatable bonds is 6. The second kappa shape index (κ2) is 6.68. The molecule has 0 fully saturated rings. The summed E-state index contributed by atoms with van der Waals surface area (Å²) in [5.74, 6) is 0.117. The Labute approximate surface area is 127 Å². The molecule has 0 radical (unpaired) electrons. The molecule has 0 amide bonds. The van der Waals surface area contributed by atoms with Crippen LogP contribution in [0.25, 0.3) is 0 Å². The molecule has 2 aromatic rings. The minimum Gasteiger partial charge on any atom is -0.301 e. The third kappa shape index (κ3) is 3.22. The lowest BCUT2D eigenvalue weighted by molar-refractivity contribution is -0.118. The maximum atomic E-state index is 12.0. The van der Waals surface area contributed by atoms with Crippen LogP contribution in [0.3, 0.4) is 0 Å². The molecule has 0 aliphatic rings. The SMILES string of the molecule is CC(c1ccccc1)C(C=O)(Cc1ccccc1)N(C)C. The molecular weight excluding hydrogens is 258 g/mol. The lowest BCUT2D eigenvalue weighted by Gasteiger charge is -2.40. The number of carbonyl (C=O) groups excluding carboxylic acids is 1. The first kappa shape index (κ1) is 15.5. The Balaban J connectivity index is 2.39. The monoisotopic (exact) mass is 281 g/mol. The summed E-state index contributed by atoms with van der Waals surface area (Å²) in [5, 5.41) is 0. The highest BCUT2D eigenvalue weighted by Crippen LogP contribution is 2.33. The quantitative estimate of drug-likeness (QED) is 0.755. The smallest absolute Gasteiger partial charge is 0.141 e. The van der Waals surface area contributed by atoms with Gasteiger partial charge in [0, 0.05) is 5.92 Å². The van der Waals surface area contributed by atoms with Crippen molar-refractivity contribution < 1.29 is 4.79 Å². The molecule has 2 heteroatoms. The molecule has 2 unspecified atom stereocenters. The Morgan fingerprint density at radius 2 is 1.52 bits per heavy atom. The van der Waals surface area contributed by atoms with Crippen LogP contribution in [0.5, 0.6) is 0 Å². The van der Waals surface area contributed by atoms with Gasteiger partial charge in [0.1, 0.15) is 6.29 Å². The summed E-state index contributed by atoms with van der Waals surface area (Å²) in [5.41, 5.74) is 1.83. The van der Waals surface area contributed by atoms with Crippen LogP contribution in [0, 0.1) is 0 Å². The van der Waals surface area contributed by atoms with Crippen molar-refractivity contribution in [3.05, 3.63) is 71.8 Å². The molecule has 0 heterocycles. The molecule has 0 N–H and O–H groups in total. The van der Waals surface area contributed by atoms with Crippen LogP contribution in [0.2, 0.25) is 0 Å². The fraction of sp³-hybridized carbons (Fsp3) is 0.316. The molecular formula is C19H23NO. The van der Waals surface area contributed by atoms with Crippen LogP contribution < -0.4 is 0 Å². The highest BCUT2D eigenvalue weighted by molar-refractivity contribution is 5.67. The summed E-state index contributed by atoms with van der Waals surface area (Å²) in [7, 11) is 3.97. The van der Waals surface area contributed by atoms with Crippen molar-refractivity contribution in [1.29, 1.82) is 0 Å². The third-order valence-corrected chi connectivity index (χ3v) is 4.42. The van der Waals surface area contributed by atoms with Crippen molar-refractivity contribution in [1.82, 2.24) is 4.90 Å². The first-order valence-corrected chi connectivity index (χ1v) is 7.33. The third-order valence-electron chi connectivity index (χ3n) is 4.42. The molecule has 110 valence electrons. The van der Waals surface area contributed by atoms with Gasteiger partial charge in [0.15, 0.2) is 0 Å². The first-order chi connectivity index (χ1) is 10.1. The Kier molecular flexibility index (Phi) is 4.92. The molecule has 0 saturated heterocycles. The van der Waals surface area contributed by atoms with E-state index in [2.05, 4.69) is 31.2 Å². The maximum absolute atomic E-state index is 12.0. The van der Waals surface area contributed by atoms with Gasteiger partial charge in [-0.2, -0.15) is 0 Å². The van der Waals surface area contributed by atoms with E-state index in [1.165, 1.54) is 11.1 Å². The number of nitrogens with zero attached hydrogens (tertiary/aromatic N) is 1. The van der Waals surface area contributed by atoms with E-state index in [9.17, 15) is 4.79 Å². The Morgan fingerprint density at radius 3 is 2.00 bits per heavy atom. The summed E-state index contributed by atoms with van der Waals surface area (Å²) in [6.07, 6.45) is 1.82. The second-order valence-corrected chi connectivity index (χ2v) is 5.80. The zero-order valence-corrected chi connectivity index (χ0v) is 13.0. The summed E-state index contributed by atoms with van der Waals surface area (Å²) in [6.45, 7) is 2.13. The highest BCUT2D eigenvalue weighted by atomic mass is 16.1. The van der Waals surface area contributed by atoms with E-state index in [4.69, 9.17) is 0 Å². The second-order valence-electron chi connectivity index (χ2n) is 5.80. The lowest BCUT2D eigenvalue weighted by Crippen LogP contribution is -2.51. The number of benzene rings is 2. The average Bonchev–Trinajstić information content (AvgIpc) is 2.53. The van der Waals surface area contributed by atoms with Crippen LogP contribution in [-0.4, -0.2) is 30.8 Å². The van der Waals surface area contributed by atoms with Crippen molar-refractivity contribution in [3.8, 4) is 0 Å². The average molecular weight is 281 g/mol. The van der Waals surface area contributed by atoms with E-state index in [1.54, 1.807) is 0 Å². The zero-order valence-electron chi connectivity index (χ0n) is 13.0. The van der Waals surface area contributed by atoms with E-state index >= 15 is 0 Å². The van der Waals surface area contributed by atoms with Crippen LogP contribution in [-0.2, 0) is 11.2 Å². The van der Waals surface area contributed by atoms with Gasteiger partial charge in [0.05, 0.1) is 5.54 Å². The van der Waals surface area contributed by atoms with Crippen molar-refractivity contribution >= 4 is 6.29 Å². The first-order valence-electron chi connectivity index (χ1n) is 7.33. The van der Waals surface area contributed by atoms with Crippen LogP contribution in [0.15, 0.2) is 60.7 Å². The molecule has 2 rings (SSSR count).